The number of halogens is 2. The van der Waals surface area contributed by atoms with E-state index in [1.54, 1.807) is 18.2 Å². The van der Waals surface area contributed by atoms with E-state index < -0.39 is 13.0 Å². The second-order valence-corrected chi connectivity index (χ2v) is 3.30. The summed E-state index contributed by atoms with van der Waals surface area (Å²) >= 11 is 0. The van der Waals surface area contributed by atoms with Crippen LogP contribution in [-0.4, -0.2) is 26.2 Å². The topological polar surface area (TPSA) is 30.5 Å². The van der Waals surface area contributed by atoms with Crippen LogP contribution in [0, 0.1) is 0 Å². The second-order valence-electron chi connectivity index (χ2n) is 3.30. The summed E-state index contributed by atoms with van der Waals surface area (Å²) in [4.78, 5) is 0. The predicted octanol–water partition coefficient (Wildman–Crippen LogP) is 3.16. The van der Waals surface area contributed by atoms with Crippen LogP contribution < -0.4 is 14.8 Å². The molecule has 0 bridgehead atoms. The highest BCUT2D eigenvalue weighted by Crippen LogP contribution is 2.29. The molecule has 0 saturated heterocycles. The van der Waals surface area contributed by atoms with Crippen LogP contribution >= 0.6 is 0 Å². The number of rotatable bonds is 7. The molecule has 1 N–H and O–H groups in total. The van der Waals surface area contributed by atoms with Gasteiger partial charge in [0.1, 0.15) is 11.5 Å². The van der Waals surface area contributed by atoms with E-state index >= 15 is 0 Å². The van der Waals surface area contributed by atoms with Crippen LogP contribution in [0.5, 0.6) is 11.5 Å². The summed E-state index contributed by atoms with van der Waals surface area (Å²) in [5.74, 6) is 1.18. The van der Waals surface area contributed by atoms with E-state index in [1.807, 2.05) is 13.8 Å². The van der Waals surface area contributed by atoms with Crippen LogP contribution in [0.1, 0.15) is 13.8 Å². The van der Waals surface area contributed by atoms with Crippen LogP contribution in [0.25, 0.3) is 0 Å². The van der Waals surface area contributed by atoms with Crippen molar-refractivity contribution in [2.24, 2.45) is 0 Å². The minimum Gasteiger partial charge on any atom is -0.494 e. The summed E-state index contributed by atoms with van der Waals surface area (Å²) in [6.45, 7) is 4.31. The standard InChI is InChI=1S/C12H17F2NO2/c1-3-16-9-5-6-11(17-4-2)10(7-9)15-8-12(13)14/h5-7,12,15H,3-4,8H2,1-2H3. The summed E-state index contributed by atoms with van der Waals surface area (Å²) in [5, 5.41) is 2.64. The molecule has 5 heteroatoms. The lowest BCUT2D eigenvalue weighted by molar-refractivity contribution is 0.163. The van der Waals surface area contributed by atoms with Crippen molar-refractivity contribution in [1.29, 1.82) is 0 Å². The zero-order valence-electron chi connectivity index (χ0n) is 10.0. The molecule has 3 nitrogen and oxygen atoms in total. The highest BCUT2D eigenvalue weighted by atomic mass is 19.3. The van der Waals surface area contributed by atoms with E-state index in [1.165, 1.54) is 0 Å². The lowest BCUT2D eigenvalue weighted by Gasteiger charge is -2.13. The van der Waals surface area contributed by atoms with Crippen molar-refractivity contribution >= 4 is 5.69 Å². The van der Waals surface area contributed by atoms with Gasteiger partial charge in [-0.25, -0.2) is 8.78 Å². The van der Waals surface area contributed by atoms with Gasteiger partial charge in [-0.1, -0.05) is 0 Å². The van der Waals surface area contributed by atoms with Crippen molar-refractivity contribution in [2.75, 3.05) is 25.1 Å². The van der Waals surface area contributed by atoms with Crippen LogP contribution in [0.15, 0.2) is 18.2 Å². The third-order valence-electron chi connectivity index (χ3n) is 2.01. The molecule has 0 fully saturated rings. The van der Waals surface area contributed by atoms with Gasteiger partial charge in [0.25, 0.3) is 6.43 Å². The van der Waals surface area contributed by atoms with Crippen LogP contribution in [0.2, 0.25) is 0 Å². The lowest BCUT2D eigenvalue weighted by atomic mass is 10.2. The van der Waals surface area contributed by atoms with Gasteiger partial charge in [0.05, 0.1) is 25.4 Å². The maximum absolute atomic E-state index is 12.2. The number of ether oxygens (including phenoxy) is 2. The Labute approximate surface area is 99.7 Å². The zero-order valence-corrected chi connectivity index (χ0v) is 10.0. The van der Waals surface area contributed by atoms with Crippen LogP contribution in [0.3, 0.4) is 0 Å². The SMILES string of the molecule is CCOc1ccc(OCC)c(NCC(F)F)c1. The van der Waals surface area contributed by atoms with Crippen molar-refractivity contribution in [3.05, 3.63) is 18.2 Å². The smallest absolute Gasteiger partial charge is 0.255 e. The van der Waals surface area contributed by atoms with Crippen molar-refractivity contribution in [1.82, 2.24) is 0 Å². The predicted molar refractivity (Wildman–Crippen MR) is 63.3 cm³/mol. The first-order valence-corrected chi connectivity index (χ1v) is 5.59. The maximum Gasteiger partial charge on any atom is 0.255 e. The number of nitrogens with one attached hydrogen (secondary N) is 1. The summed E-state index contributed by atoms with van der Waals surface area (Å²) in [6.07, 6.45) is -2.40. The lowest BCUT2D eigenvalue weighted by Crippen LogP contribution is -2.11. The molecule has 0 aromatic heterocycles. The monoisotopic (exact) mass is 245 g/mol. The zero-order chi connectivity index (χ0) is 12.7. The second kappa shape index (κ2) is 6.93. The first-order valence-electron chi connectivity index (χ1n) is 5.59. The van der Waals surface area contributed by atoms with Gasteiger partial charge in [0, 0.05) is 6.07 Å². The minimum atomic E-state index is -2.40. The molecule has 0 amide bonds. The number of benzene rings is 1. The molecule has 0 aliphatic carbocycles. The minimum absolute atomic E-state index is 0.407. The first kappa shape index (κ1) is 13.5. The van der Waals surface area contributed by atoms with Gasteiger partial charge >= 0.3 is 0 Å². The van der Waals surface area contributed by atoms with Crippen molar-refractivity contribution in [3.8, 4) is 11.5 Å². The Morgan fingerprint density at radius 2 is 1.88 bits per heavy atom. The third-order valence-corrected chi connectivity index (χ3v) is 2.01. The molecule has 0 atom stereocenters. The number of alkyl halides is 2. The summed E-state index contributed by atoms with van der Waals surface area (Å²) in [7, 11) is 0. The molecule has 0 spiro atoms. The average molecular weight is 245 g/mol. The normalized spacial score (nSPS) is 10.4. The largest absolute Gasteiger partial charge is 0.494 e. The molecule has 0 radical (unpaired) electrons. The van der Waals surface area contributed by atoms with Gasteiger partial charge in [0.2, 0.25) is 0 Å². The molecule has 1 rings (SSSR count). The summed E-state index contributed by atoms with van der Waals surface area (Å²) in [5.41, 5.74) is 0.526. The molecular formula is C12H17F2NO2. The van der Waals surface area contributed by atoms with Crippen molar-refractivity contribution < 1.29 is 18.3 Å². The van der Waals surface area contributed by atoms with E-state index in [0.717, 1.165) is 0 Å². The Bertz CT molecular complexity index is 345. The quantitative estimate of drug-likeness (QED) is 0.800. The summed E-state index contributed by atoms with van der Waals surface area (Å²) < 4.78 is 34.9. The number of anilines is 1. The van der Waals surface area contributed by atoms with E-state index in [4.69, 9.17) is 9.47 Å². The molecular weight excluding hydrogens is 228 g/mol. The Hall–Kier alpha value is -1.52. The molecule has 0 saturated carbocycles. The van der Waals surface area contributed by atoms with E-state index in [2.05, 4.69) is 5.32 Å². The van der Waals surface area contributed by atoms with Gasteiger partial charge in [-0.15, -0.1) is 0 Å². The molecule has 0 heterocycles. The van der Waals surface area contributed by atoms with E-state index in [0.29, 0.717) is 30.4 Å². The average Bonchev–Trinajstić information content (AvgIpc) is 2.29. The van der Waals surface area contributed by atoms with Gasteiger partial charge in [-0.05, 0) is 26.0 Å². The Balaban J connectivity index is 2.81. The molecule has 1 aromatic carbocycles. The first-order chi connectivity index (χ1) is 8.17. The van der Waals surface area contributed by atoms with Crippen molar-refractivity contribution in [3.63, 3.8) is 0 Å². The van der Waals surface area contributed by atoms with Gasteiger partial charge in [0.15, 0.2) is 0 Å². The maximum atomic E-state index is 12.2. The van der Waals surface area contributed by atoms with Gasteiger partial charge in [-0.3, -0.25) is 0 Å². The van der Waals surface area contributed by atoms with Crippen LogP contribution in [0.4, 0.5) is 14.5 Å². The molecule has 17 heavy (non-hydrogen) atoms. The molecule has 1 aromatic rings. The fourth-order valence-corrected chi connectivity index (χ4v) is 1.37. The Kier molecular flexibility index (Phi) is 5.52. The fourth-order valence-electron chi connectivity index (χ4n) is 1.37. The van der Waals surface area contributed by atoms with Crippen molar-refractivity contribution in [2.45, 2.75) is 20.3 Å². The highest BCUT2D eigenvalue weighted by molar-refractivity contribution is 5.59. The number of hydrogen-bond donors (Lipinski definition) is 1. The number of hydrogen-bond acceptors (Lipinski definition) is 3. The van der Waals surface area contributed by atoms with Gasteiger partial charge < -0.3 is 14.8 Å². The fraction of sp³-hybridized carbons (Fsp3) is 0.500. The summed E-state index contributed by atoms with van der Waals surface area (Å²) in [6, 6.07) is 5.13. The Morgan fingerprint density at radius 1 is 1.18 bits per heavy atom. The van der Waals surface area contributed by atoms with Crippen LogP contribution in [-0.2, 0) is 0 Å². The molecule has 96 valence electrons. The third kappa shape index (κ3) is 4.46. The molecule has 0 unspecified atom stereocenters. The van der Waals surface area contributed by atoms with E-state index in [-0.39, 0.29) is 0 Å². The molecule has 0 aliphatic heterocycles. The Morgan fingerprint density at radius 3 is 2.47 bits per heavy atom. The molecule has 0 aliphatic rings. The van der Waals surface area contributed by atoms with Gasteiger partial charge in [-0.2, -0.15) is 0 Å². The highest BCUT2D eigenvalue weighted by Gasteiger charge is 2.08. The van der Waals surface area contributed by atoms with E-state index in [9.17, 15) is 8.78 Å².